The average Bonchev–Trinajstić information content (AvgIpc) is 2.20. The monoisotopic (exact) mass is 279 g/mol. The minimum Gasteiger partial charge on any atom is -0.399 e. The van der Waals surface area contributed by atoms with E-state index in [1.807, 2.05) is 0 Å². The van der Waals surface area contributed by atoms with E-state index in [0.717, 1.165) is 0 Å². The van der Waals surface area contributed by atoms with Gasteiger partial charge in [0.25, 0.3) is 0 Å². The van der Waals surface area contributed by atoms with Crippen LogP contribution in [-0.4, -0.2) is 20.4 Å². The number of aliphatic hydroxyl groups is 1. The molecular formula is C8H11NO6P2+2. The third-order valence-electron chi connectivity index (χ3n) is 1.94. The molecule has 3 unspecified atom stereocenters. The molecule has 7 nitrogen and oxygen atoms in total. The Labute approximate surface area is 98.7 Å². The Morgan fingerprint density at radius 3 is 2.18 bits per heavy atom. The lowest BCUT2D eigenvalue weighted by Gasteiger charge is -2.08. The Hall–Kier alpha value is -0.940. The summed E-state index contributed by atoms with van der Waals surface area (Å²) >= 11 is 0. The highest BCUT2D eigenvalue weighted by molar-refractivity contribution is 7.41. The van der Waals surface area contributed by atoms with E-state index in [4.69, 9.17) is 15.5 Å². The van der Waals surface area contributed by atoms with Crippen molar-refractivity contribution in [3.05, 3.63) is 29.8 Å². The van der Waals surface area contributed by atoms with Crippen molar-refractivity contribution in [1.82, 2.24) is 0 Å². The molecular weight excluding hydrogens is 268 g/mol. The summed E-state index contributed by atoms with van der Waals surface area (Å²) < 4.78 is 25.6. The first-order chi connectivity index (χ1) is 7.83. The van der Waals surface area contributed by atoms with Gasteiger partial charge in [0.05, 0.1) is 6.42 Å². The van der Waals surface area contributed by atoms with E-state index < -0.39 is 28.2 Å². The third-order valence-corrected chi connectivity index (χ3v) is 3.39. The zero-order valence-electron chi connectivity index (χ0n) is 8.55. The summed E-state index contributed by atoms with van der Waals surface area (Å²) in [7, 11) is -6.39. The minimum atomic E-state index is -3.20. The lowest BCUT2D eigenvalue weighted by Crippen LogP contribution is -2.28. The van der Waals surface area contributed by atoms with Gasteiger partial charge in [0.2, 0.25) is 0 Å². The van der Waals surface area contributed by atoms with E-state index in [0.29, 0.717) is 11.3 Å². The van der Waals surface area contributed by atoms with E-state index in [-0.39, 0.29) is 0 Å². The van der Waals surface area contributed by atoms with Crippen molar-refractivity contribution in [3.8, 4) is 0 Å². The summed E-state index contributed by atoms with van der Waals surface area (Å²) in [6.07, 6.45) is -0.402. The van der Waals surface area contributed by atoms with Crippen molar-refractivity contribution in [2.24, 2.45) is 0 Å². The topological polar surface area (TPSA) is 130 Å². The molecule has 0 amide bonds. The van der Waals surface area contributed by atoms with Crippen LogP contribution in [0, 0.1) is 0 Å². The van der Waals surface area contributed by atoms with Gasteiger partial charge in [0.15, 0.2) is 0 Å². The molecule has 0 saturated heterocycles. The number of hydrogen-bond donors (Lipinski definition) is 4. The highest BCUT2D eigenvalue weighted by Crippen LogP contribution is 2.42. The molecule has 3 atom stereocenters. The quantitative estimate of drug-likeness (QED) is 0.357. The summed E-state index contributed by atoms with van der Waals surface area (Å²) in [4.78, 5) is 17.4. The normalized spacial score (nSPS) is 16.2. The summed E-state index contributed by atoms with van der Waals surface area (Å²) in [5, 5.41) is 9.65. The molecule has 9 heteroatoms. The number of benzene rings is 1. The molecule has 0 saturated carbocycles. The predicted molar refractivity (Wildman–Crippen MR) is 60.2 cm³/mol. The highest BCUT2D eigenvalue weighted by atomic mass is 31.1. The van der Waals surface area contributed by atoms with Crippen LogP contribution in [0.2, 0.25) is 0 Å². The van der Waals surface area contributed by atoms with Gasteiger partial charge in [0.1, 0.15) is 0 Å². The zero-order valence-corrected chi connectivity index (χ0v) is 10.3. The van der Waals surface area contributed by atoms with Gasteiger partial charge in [0, 0.05) is 10.3 Å². The molecule has 1 aromatic carbocycles. The maximum absolute atomic E-state index is 10.9. The standard InChI is InChI=1S/C8H9NO6P2/c9-7-3-1-6(2-4-7)5-8(10,16(11)12)15-17(13)14/h1-4,10H,5,9H2/p+2. The van der Waals surface area contributed by atoms with Crippen molar-refractivity contribution < 1.29 is 28.5 Å². The largest absolute Gasteiger partial charge is 0.702 e. The van der Waals surface area contributed by atoms with Crippen LogP contribution in [0.5, 0.6) is 0 Å². The Morgan fingerprint density at radius 2 is 1.76 bits per heavy atom. The molecule has 0 aliphatic rings. The Bertz CT molecular complexity index is 436. The fourth-order valence-corrected chi connectivity index (χ4v) is 2.28. The number of nitrogen functional groups attached to an aromatic ring is 1. The first-order valence-electron chi connectivity index (χ1n) is 4.42. The van der Waals surface area contributed by atoms with Crippen molar-refractivity contribution in [3.63, 3.8) is 0 Å². The molecule has 0 bridgehead atoms. The molecule has 1 aromatic rings. The molecule has 0 aliphatic heterocycles. The van der Waals surface area contributed by atoms with Gasteiger partial charge in [-0.1, -0.05) is 12.1 Å². The Morgan fingerprint density at radius 1 is 1.24 bits per heavy atom. The van der Waals surface area contributed by atoms with Gasteiger partial charge in [-0.15, -0.1) is 4.89 Å². The lowest BCUT2D eigenvalue weighted by molar-refractivity contribution is -0.0671. The molecule has 0 aliphatic carbocycles. The molecule has 1 rings (SSSR count). The van der Waals surface area contributed by atoms with E-state index >= 15 is 0 Å². The second kappa shape index (κ2) is 5.60. The van der Waals surface area contributed by atoms with Gasteiger partial charge in [-0.25, -0.2) is 0 Å². The van der Waals surface area contributed by atoms with E-state index in [9.17, 15) is 14.2 Å². The van der Waals surface area contributed by atoms with Crippen LogP contribution in [0.4, 0.5) is 5.69 Å². The summed E-state index contributed by atoms with van der Waals surface area (Å²) in [5.74, 6) is 0. The van der Waals surface area contributed by atoms with Crippen molar-refractivity contribution in [2.45, 2.75) is 11.9 Å². The summed E-state index contributed by atoms with van der Waals surface area (Å²) in [5.41, 5.74) is 3.78. The predicted octanol–water partition coefficient (Wildman–Crippen LogP) is 0.858. The van der Waals surface area contributed by atoms with Crippen LogP contribution < -0.4 is 5.73 Å². The van der Waals surface area contributed by atoms with Crippen molar-refractivity contribution >= 4 is 22.0 Å². The second-order valence-corrected chi connectivity index (χ2v) is 5.17. The fraction of sp³-hybridized carbons (Fsp3) is 0.250. The first-order valence-corrected chi connectivity index (χ1v) is 6.76. The summed E-state index contributed by atoms with van der Waals surface area (Å²) in [6.45, 7) is 0. The maximum atomic E-state index is 10.9. The minimum absolute atomic E-state index is 0.402. The Kier molecular flexibility index (Phi) is 4.65. The average molecular weight is 279 g/mol. The first kappa shape index (κ1) is 14.1. The molecule has 0 radical (unpaired) electrons. The van der Waals surface area contributed by atoms with Gasteiger partial charge in [-0.3, -0.25) is 0 Å². The van der Waals surface area contributed by atoms with Crippen LogP contribution in [0.1, 0.15) is 5.56 Å². The molecule has 0 aromatic heterocycles. The van der Waals surface area contributed by atoms with Crippen molar-refractivity contribution in [1.29, 1.82) is 0 Å². The summed E-state index contributed by atoms with van der Waals surface area (Å²) in [6, 6.07) is 6.07. The van der Waals surface area contributed by atoms with Gasteiger partial charge in [-0.2, -0.15) is 4.89 Å². The van der Waals surface area contributed by atoms with Crippen molar-refractivity contribution in [2.75, 3.05) is 5.73 Å². The smallest absolute Gasteiger partial charge is 0.399 e. The Balaban J connectivity index is 2.90. The van der Waals surface area contributed by atoms with Crippen LogP contribution in [0.15, 0.2) is 24.3 Å². The SMILES string of the molecule is Nc1ccc(CC(O)(O[P+](=O)O)[P+](=O)O)cc1. The van der Waals surface area contributed by atoms with Crippen LogP contribution >= 0.6 is 16.3 Å². The molecule has 0 fully saturated rings. The molecule has 5 N–H and O–H groups in total. The maximum Gasteiger partial charge on any atom is 0.702 e. The van der Waals surface area contributed by atoms with Crippen LogP contribution in [0.3, 0.4) is 0 Å². The zero-order chi connectivity index (χ0) is 13.1. The van der Waals surface area contributed by atoms with Crippen LogP contribution in [-0.2, 0) is 20.1 Å². The third kappa shape index (κ3) is 4.09. The van der Waals surface area contributed by atoms with Gasteiger partial charge in [-0.05, 0) is 26.8 Å². The van der Waals surface area contributed by atoms with E-state index in [1.165, 1.54) is 24.3 Å². The number of nitrogens with two attached hydrogens (primary N) is 1. The van der Waals surface area contributed by atoms with E-state index in [1.54, 1.807) is 0 Å². The molecule has 0 heterocycles. The number of hydrogen-bond acceptors (Lipinski definition) is 5. The molecule has 92 valence electrons. The number of rotatable bonds is 5. The van der Waals surface area contributed by atoms with Gasteiger partial charge >= 0.3 is 21.8 Å². The van der Waals surface area contributed by atoms with Gasteiger partial charge < -0.3 is 10.8 Å². The van der Waals surface area contributed by atoms with E-state index in [2.05, 4.69) is 4.52 Å². The molecule has 0 spiro atoms. The second-order valence-electron chi connectivity index (χ2n) is 3.26. The molecule has 17 heavy (non-hydrogen) atoms. The fourth-order valence-electron chi connectivity index (χ4n) is 1.16. The van der Waals surface area contributed by atoms with Crippen LogP contribution in [0.25, 0.3) is 0 Å². The lowest BCUT2D eigenvalue weighted by atomic mass is 10.1. The number of anilines is 1. The highest BCUT2D eigenvalue weighted by Gasteiger charge is 2.57.